The maximum absolute atomic E-state index is 10.7. The first-order valence-corrected chi connectivity index (χ1v) is 6.62. The van der Waals surface area contributed by atoms with Crippen LogP contribution in [0.3, 0.4) is 0 Å². The van der Waals surface area contributed by atoms with Crippen LogP contribution in [0.25, 0.3) is 6.08 Å². The summed E-state index contributed by atoms with van der Waals surface area (Å²) in [6.07, 6.45) is 3.32. The predicted octanol–water partition coefficient (Wildman–Crippen LogP) is 2.96. The van der Waals surface area contributed by atoms with Gasteiger partial charge in [0, 0.05) is 17.2 Å². The Kier molecular flexibility index (Phi) is 3.11. The Hall–Kier alpha value is -2.46. The second-order valence-electron chi connectivity index (χ2n) is 4.96. The monoisotopic (exact) mass is 284 g/mol. The predicted molar refractivity (Wildman–Crippen MR) is 79.4 cm³/mol. The van der Waals surface area contributed by atoms with Gasteiger partial charge in [-0.05, 0) is 19.1 Å². The standard InChI is InChI=1S/C17H16O4/c1-11-14(18)10-15-13(16(11)20-2)8-9-17(19,21-15)12-6-4-3-5-7-12/h3-10,18-19H,1-2H3. The van der Waals surface area contributed by atoms with E-state index in [1.807, 2.05) is 18.2 Å². The summed E-state index contributed by atoms with van der Waals surface area (Å²) in [4.78, 5) is 0. The second kappa shape index (κ2) is 4.82. The summed E-state index contributed by atoms with van der Waals surface area (Å²) in [5.41, 5.74) is 1.95. The molecule has 2 aromatic carbocycles. The molecule has 3 rings (SSSR count). The Balaban J connectivity index is 2.11. The highest BCUT2D eigenvalue weighted by atomic mass is 16.6. The van der Waals surface area contributed by atoms with Crippen LogP contribution in [-0.2, 0) is 5.79 Å². The van der Waals surface area contributed by atoms with Gasteiger partial charge in [-0.15, -0.1) is 0 Å². The van der Waals surface area contributed by atoms with Gasteiger partial charge in [0.05, 0.1) is 12.7 Å². The zero-order valence-electron chi connectivity index (χ0n) is 11.8. The summed E-state index contributed by atoms with van der Waals surface area (Å²) in [5.74, 6) is -0.572. The second-order valence-corrected chi connectivity index (χ2v) is 4.96. The first-order valence-electron chi connectivity index (χ1n) is 6.62. The van der Waals surface area contributed by atoms with Gasteiger partial charge in [0.25, 0.3) is 5.79 Å². The summed E-state index contributed by atoms with van der Waals surface area (Å²) in [6.45, 7) is 1.76. The molecule has 21 heavy (non-hydrogen) atoms. The lowest BCUT2D eigenvalue weighted by Crippen LogP contribution is -2.32. The van der Waals surface area contributed by atoms with Crippen LogP contribution in [0.1, 0.15) is 16.7 Å². The van der Waals surface area contributed by atoms with E-state index >= 15 is 0 Å². The molecule has 1 atom stereocenters. The Bertz CT molecular complexity index is 706. The van der Waals surface area contributed by atoms with Crippen LogP contribution in [0, 0.1) is 6.92 Å². The molecule has 4 nitrogen and oxygen atoms in total. The quantitative estimate of drug-likeness (QED) is 0.890. The molecular weight excluding hydrogens is 268 g/mol. The highest BCUT2D eigenvalue weighted by Gasteiger charge is 2.33. The number of hydrogen-bond acceptors (Lipinski definition) is 4. The molecular formula is C17H16O4. The Morgan fingerprint density at radius 1 is 1.19 bits per heavy atom. The third-order valence-corrected chi connectivity index (χ3v) is 3.64. The normalized spacial score (nSPS) is 19.8. The van der Waals surface area contributed by atoms with Crippen LogP contribution in [0.15, 0.2) is 42.5 Å². The molecule has 0 saturated heterocycles. The van der Waals surface area contributed by atoms with Gasteiger partial charge in [-0.25, -0.2) is 0 Å². The number of aliphatic hydroxyl groups is 1. The van der Waals surface area contributed by atoms with Crippen LogP contribution >= 0.6 is 0 Å². The van der Waals surface area contributed by atoms with Crippen LogP contribution in [-0.4, -0.2) is 17.3 Å². The van der Waals surface area contributed by atoms with Crippen molar-refractivity contribution in [2.75, 3.05) is 7.11 Å². The summed E-state index contributed by atoms with van der Waals surface area (Å²) in [5, 5.41) is 20.6. The first-order chi connectivity index (χ1) is 10.0. The van der Waals surface area contributed by atoms with Crippen LogP contribution in [0.4, 0.5) is 0 Å². The molecule has 0 spiro atoms. The van der Waals surface area contributed by atoms with Gasteiger partial charge in [-0.2, -0.15) is 0 Å². The van der Waals surface area contributed by atoms with E-state index in [2.05, 4.69) is 0 Å². The van der Waals surface area contributed by atoms with Gasteiger partial charge in [-0.1, -0.05) is 30.3 Å². The molecule has 2 N–H and O–H groups in total. The summed E-state index contributed by atoms with van der Waals surface area (Å²) in [7, 11) is 1.54. The lowest BCUT2D eigenvalue weighted by molar-refractivity contribution is -0.103. The highest BCUT2D eigenvalue weighted by molar-refractivity contribution is 5.71. The van der Waals surface area contributed by atoms with Crippen molar-refractivity contribution in [3.05, 3.63) is 59.2 Å². The van der Waals surface area contributed by atoms with Gasteiger partial charge in [0.1, 0.15) is 17.2 Å². The van der Waals surface area contributed by atoms with E-state index in [1.54, 1.807) is 31.2 Å². The summed E-state index contributed by atoms with van der Waals surface area (Å²) >= 11 is 0. The largest absolute Gasteiger partial charge is 0.507 e. The number of benzene rings is 2. The molecule has 108 valence electrons. The average Bonchev–Trinajstić information content (AvgIpc) is 2.50. The molecule has 0 aliphatic carbocycles. The molecule has 0 aromatic heterocycles. The molecule has 0 saturated carbocycles. The van der Waals surface area contributed by atoms with Crippen molar-refractivity contribution in [3.63, 3.8) is 0 Å². The lowest BCUT2D eigenvalue weighted by Gasteiger charge is -2.31. The van der Waals surface area contributed by atoms with Crippen molar-refractivity contribution in [2.24, 2.45) is 0 Å². The first kappa shape index (κ1) is 13.5. The number of aromatic hydroxyl groups is 1. The molecule has 0 bridgehead atoms. The third-order valence-electron chi connectivity index (χ3n) is 3.64. The van der Waals surface area contributed by atoms with Crippen molar-refractivity contribution < 1.29 is 19.7 Å². The van der Waals surface area contributed by atoms with E-state index in [4.69, 9.17) is 9.47 Å². The number of fused-ring (bicyclic) bond motifs is 1. The van der Waals surface area contributed by atoms with Gasteiger partial charge in [-0.3, -0.25) is 0 Å². The van der Waals surface area contributed by atoms with Gasteiger partial charge >= 0.3 is 0 Å². The topological polar surface area (TPSA) is 58.9 Å². The maximum Gasteiger partial charge on any atom is 0.255 e. The maximum atomic E-state index is 10.7. The number of hydrogen-bond donors (Lipinski definition) is 2. The Morgan fingerprint density at radius 2 is 1.90 bits per heavy atom. The Morgan fingerprint density at radius 3 is 2.57 bits per heavy atom. The SMILES string of the molecule is COc1c(C)c(O)cc2c1C=CC(O)(c1ccccc1)O2. The van der Waals surface area contributed by atoms with E-state index < -0.39 is 5.79 Å². The van der Waals surface area contributed by atoms with E-state index in [0.717, 1.165) is 0 Å². The minimum atomic E-state index is -1.55. The zero-order chi connectivity index (χ0) is 15.0. The fourth-order valence-electron chi connectivity index (χ4n) is 2.48. The van der Waals surface area contributed by atoms with Crippen LogP contribution in [0.2, 0.25) is 0 Å². The smallest absolute Gasteiger partial charge is 0.255 e. The van der Waals surface area contributed by atoms with Crippen molar-refractivity contribution >= 4 is 6.08 Å². The Labute approximate surface area is 122 Å². The number of ether oxygens (including phenoxy) is 2. The molecule has 1 aliphatic rings. The van der Waals surface area contributed by atoms with Crippen LogP contribution in [0.5, 0.6) is 17.2 Å². The van der Waals surface area contributed by atoms with Crippen molar-refractivity contribution in [2.45, 2.75) is 12.7 Å². The molecule has 0 amide bonds. The third kappa shape index (κ3) is 2.14. The van der Waals surface area contributed by atoms with E-state index in [-0.39, 0.29) is 5.75 Å². The van der Waals surface area contributed by atoms with Gasteiger partial charge in [0.15, 0.2) is 0 Å². The minimum absolute atomic E-state index is 0.0660. The fraction of sp³-hybridized carbons (Fsp3) is 0.176. The molecule has 0 radical (unpaired) electrons. The zero-order valence-corrected chi connectivity index (χ0v) is 11.8. The summed E-state index contributed by atoms with van der Waals surface area (Å²) in [6, 6.07) is 10.6. The van der Waals surface area contributed by atoms with E-state index in [1.165, 1.54) is 13.2 Å². The highest BCUT2D eigenvalue weighted by Crippen LogP contribution is 2.44. The lowest BCUT2D eigenvalue weighted by atomic mass is 9.98. The molecule has 2 aromatic rings. The minimum Gasteiger partial charge on any atom is -0.507 e. The molecule has 1 aliphatic heterocycles. The molecule has 0 fully saturated rings. The number of rotatable bonds is 2. The molecule has 1 unspecified atom stereocenters. The van der Waals surface area contributed by atoms with Crippen LogP contribution < -0.4 is 9.47 Å². The van der Waals surface area contributed by atoms with Crippen molar-refractivity contribution in [1.82, 2.24) is 0 Å². The average molecular weight is 284 g/mol. The number of phenolic OH excluding ortho intramolecular Hbond substituents is 1. The molecule has 4 heteroatoms. The van der Waals surface area contributed by atoms with Gasteiger partial charge in [0.2, 0.25) is 0 Å². The fourth-order valence-corrected chi connectivity index (χ4v) is 2.48. The number of methoxy groups -OCH3 is 1. The number of phenols is 1. The van der Waals surface area contributed by atoms with E-state index in [9.17, 15) is 10.2 Å². The molecule has 1 heterocycles. The van der Waals surface area contributed by atoms with E-state index in [0.29, 0.717) is 28.2 Å². The summed E-state index contributed by atoms with van der Waals surface area (Å²) < 4.78 is 11.0. The van der Waals surface area contributed by atoms with Crippen molar-refractivity contribution in [3.8, 4) is 17.2 Å². The van der Waals surface area contributed by atoms with Gasteiger partial charge < -0.3 is 19.7 Å². The van der Waals surface area contributed by atoms with Crippen molar-refractivity contribution in [1.29, 1.82) is 0 Å².